The molecule has 2 saturated carbocycles. The van der Waals surface area contributed by atoms with E-state index in [1.807, 2.05) is 57.2 Å². The highest BCUT2D eigenvalue weighted by molar-refractivity contribution is 7.91. The second-order valence-electron chi connectivity index (χ2n) is 20.1. The first-order chi connectivity index (χ1) is 33.1. The Kier molecular flexibility index (Phi) is 14.3. The summed E-state index contributed by atoms with van der Waals surface area (Å²) >= 11 is 0. The molecule has 0 spiro atoms. The molecular weight excluding hydrogens is 934 g/mol. The maximum absolute atomic E-state index is 15.2. The number of alkyl carbamates (subject to hydrolysis) is 1. The molecule has 1 unspecified atom stereocenters. The quantitative estimate of drug-likeness (QED) is 0.166. The summed E-state index contributed by atoms with van der Waals surface area (Å²) in [6.45, 7) is 7.94. The first-order valence-electron chi connectivity index (χ1n) is 24.0. The van der Waals surface area contributed by atoms with E-state index in [2.05, 4.69) is 20.3 Å². The SMILES string of the molecule is CC(C)Oc1ccc(-c2cc(O[C@@H]3C[C@H]4C(=O)N[C@]5(C(=O)NS(=O)(=O)C6(C)CC6)C[C@H]5/C=C\CC[C@@H](C)C[C@@H](C)[C@H](NC(=O)OC5(C(F)(F)F)CCCOC5)C(=O)N4C3)cc(-c3ccccn3)n2)cc1. The van der Waals surface area contributed by atoms with Crippen LogP contribution in [0.2, 0.25) is 0 Å². The Morgan fingerprint density at radius 3 is 2.39 bits per heavy atom. The van der Waals surface area contributed by atoms with Crippen molar-refractivity contribution in [1.29, 1.82) is 0 Å². The molecule has 1 aromatic carbocycles. The second kappa shape index (κ2) is 19.8. The van der Waals surface area contributed by atoms with E-state index in [-0.39, 0.29) is 44.4 Å². The molecule has 2 aliphatic carbocycles. The van der Waals surface area contributed by atoms with E-state index in [4.69, 9.17) is 23.9 Å². The van der Waals surface area contributed by atoms with Gasteiger partial charge in [0.05, 0.1) is 41.1 Å². The van der Waals surface area contributed by atoms with Gasteiger partial charge in [-0.3, -0.25) is 24.1 Å². The molecule has 3 aromatic rings. The largest absolute Gasteiger partial charge is 0.491 e. The van der Waals surface area contributed by atoms with E-state index >= 15 is 4.79 Å². The number of halogens is 3. The van der Waals surface area contributed by atoms with Gasteiger partial charge in [0, 0.05) is 49.3 Å². The number of nitrogens with zero attached hydrogens (tertiary/aromatic N) is 3. The number of sulfonamides is 1. The number of allylic oxidation sites excluding steroid dienone is 1. The second-order valence-corrected chi connectivity index (χ2v) is 22.3. The first kappa shape index (κ1) is 50.6. The summed E-state index contributed by atoms with van der Waals surface area (Å²) in [4.78, 5) is 68.5. The van der Waals surface area contributed by atoms with Crippen molar-refractivity contribution in [3.8, 4) is 34.1 Å². The average Bonchev–Trinajstić information content (AvgIpc) is 4.19. The number of amides is 4. The number of ether oxygens (including phenoxy) is 4. The third-order valence-electron chi connectivity index (χ3n) is 14.1. The molecule has 2 aromatic heterocycles. The van der Waals surface area contributed by atoms with Gasteiger partial charge in [0.25, 0.3) is 5.91 Å². The van der Waals surface area contributed by atoms with E-state index < -0.39 is 99.0 Å². The van der Waals surface area contributed by atoms with Crippen LogP contribution in [0, 0.1) is 17.8 Å². The van der Waals surface area contributed by atoms with Crippen molar-refractivity contribution in [2.24, 2.45) is 17.8 Å². The van der Waals surface area contributed by atoms with Gasteiger partial charge in [-0.25, -0.2) is 18.2 Å². The Bertz CT molecular complexity index is 2570. The number of rotatable bonds is 11. The van der Waals surface area contributed by atoms with Crippen LogP contribution < -0.4 is 24.8 Å². The molecule has 5 heterocycles. The molecule has 0 bridgehead atoms. The maximum atomic E-state index is 15.2. The van der Waals surface area contributed by atoms with Gasteiger partial charge in [0.15, 0.2) is 0 Å². The summed E-state index contributed by atoms with van der Waals surface area (Å²) in [6, 6.07) is 13.2. The van der Waals surface area contributed by atoms with Crippen LogP contribution in [0.15, 0.2) is 72.9 Å². The van der Waals surface area contributed by atoms with Crippen LogP contribution in [0.5, 0.6) is 11.5 Å². The zero-order chi connectivity index (χ0) is 50.2. The highest BCUT2D eigenvalue weighted by Crippen LogP contribution is 2.48. The monoisotopic (exact) mass is 994 g/mol. The summed E-state index contributed by atoms with van der Waals surface area (Å²) in [5.41, 5.74) is -2.40. The van der Waals surface area contributed by atoms with Gasteiger partial charge in [-0.15, -0.1) is 0 Å². The summed E-state index contributed by atoms with van der Waals surface area (Å²) in [5.74, 6) is -2.84. The molecular formula is C50H61F3N6O10S. The van der Waals surface area contributed by atoms with Crippen molar-refractivity contribution >= 4 is 33.8 Å². The lowest BCUT2D eigenvalue weighted by Gasteiger charge is -2.38. The lowest BCUT2D eigenvalue weighted by atomic mass is 9.88. The Hall–Kier alpha value is -5.76. The van der Waals surface area contributed by atoms with Gasteiger partial charge in [0.1, 0.15) is 35.2 Å². The van der Waals surface area contributed by atoms with E-state index in [9.17, 15) is 36.0 Å². The Labute approximate surface area is 405 Å². The number of alkyl halides is 3. The van der Waals surface area contributed by atoms with Crippen molar-refractivity contribution < 1.29 is 59.7 Å². The summed E-state index contributed by atoms with van der Waals surface area (Å²) in [6.07, 6.45) is -0.547. The number of carbonyl (C=O) groups excluding carboxylic acids is 4. The predicted molar refractivity (Wildman–Crippen MR) is 250 cm³/mol. The highest BCUT2D eigenvalue weighted by atomic mass is 32.2. The molecule has 20 heteroatoms. The topological polar surface area (TPSA) is 204 Å². The Morgan fingerprint density at radius 1 is 0.986 bits per heavy atom. The van der Waals surface area contributed by atoms with E-state index in [0.717, 1.165) is 5.56 Å². The molecule has 16 nitrogen and oxygen atoms in total. The standard InChI is InChI=1S/C50H61F3N6O10S/c1-30(2)67-35-16-14-33(15-17-35)39-24-36(25-40(55-39)38-13-8-9-21-54-38)68-37-26-41-43(60)57-49(45(62)58-70(64,65)47(5)19-20-47)27-34(49)12-7-6-11-31(3)23-32(4)42(44(61)59(41)28-37)56-46(63)69-48(50(51,52)53)18-10-22-66-29-48/h7-9,12-17,21,24-25,30-32,34,37,41-42H,6,10-11,18-20,22-23,26-29H2,1-5H3,(H,56,63)(H,57,60)(H,58,62)/b12-7-/t31-,32-,34-,37-,41+,42+,48?,49-/m1/s1. The van der Waals surface area contributed by atoms with Crippen LogP contribution >= 0.6 is 0 Å². The number of carbonyl (C=O) groups is 4. The molecule has 0 radical (unpaired) electrons. The van der Waals surface area contributed by atoms with E-state index in [1.165, 1.54) is 4.90 Å². The number of nitrogens with one attached hydrogen (secondary N) is 3. The van der Waals surface area contributed by atoms with Crippen LogP contribution in [-0.4, -0.2) is 113 Å². The minimum atomic E-state index is -4.99. The number of pyridine rings is 2. The number of hydrogen-bond acceptors (Lipinski definition) is 12. The molecule has 2 saturated heterocycles. The normalized spacial score (nSPS) is 29.5. The number of fused-ring (bicyclic) bond motifs is 2. The van der Waals surface area contributed by atoms with E-state index in [0.29, 0.717) is 60.7 Å². The molecule has 4 fully saturated rings. The fraction of sp³-hybridized carbons (Fsp3) is 0.560. The van der Waals surface area contributed by atoms with Crippen molar-refractivity contribution in [3.05, 3.63) is 72.9 Å². The molecule has 70 heavy (non-hydrogen) atoms. The van der Waals surface area contributed by atoms with Crippen LogP contribution in [0.3, 0.4) is 0 Å². The molecule has 5 aliphatic rings. The molecule has 8 rings (SSSR count). The number of aromatic nitrogens is 2. The first-order valence-corrected chi connectivity index (χ1v) is 25.5. The maximum Gasteiger partial charge on any atom is 0.430 e. The number of hydrogen-bond donors (Lipinski definition) is 3. The summed E-state index contributed by atoms with van der Waals surface area (Å²) in [5, 5.41) is 5.31. The fourth-order valence-corrected chi connectivity index (χ4v) is 10.9. The Balaban J connectivity index is 1.14. The van der Waals surface area contributed by atoms with Crippen molar-refractivity contribution in [2.45, 2.75) is 139 Å². The molecule has 4 amide bonds. The summed E-state index contributed by atoms with van der Waals surface area (Å²) < 4.78 is 94.4. The third kappa shape index (κ3) is 10.9. The lowest BCUT2D eigenvalue weighted by molar-refractivity contribution is -0.285. The summed E-state index contributed by atoms with van der Waals surface area (Å²) in [7, 11) is -4.12. The number of benzene rings is 1. The lowest BCUT2D eigenvalue weighted by Crippen LogP contribution is -2.60. The van der Waals surface area contributed by atoms with Gasteiger partial charge in [-0.2, -0.15) is 13.2 Å². The van der Waals surface area contributed by atoms with Gasteiger partial charge in [0.2, 0.25) is 27.4 Å². The van der Waals surface area contributed by atoms with Crippen molar-refractivity contribution in [1.82, 2.24) is 30.2 Å². The van der Waals surface area contributed by atoms with E-state index in [1.54, 1.807) is 50.4 Å². The van der Waals surface area contributed by atoms with Gasteiger partial charge >= 0.3 is 12.3 Å². The predicted octanol–water partition coefficient (Wildman–Crippen LogP) is 7.04. The van der Waals surface area contributed by atoms with Crippen LogP contribution in [0.25, 0.3) is 22.6 Å². The van der Waals surface area contributed by atoms with Crippen LogP contribution in [0.4, 0.5) is 18.0 Å². The molecule has 3 N–H and O–H groups in total. The Morgan fingerprint density at radius 2 is 1.73 bits per heavy atom. The third-order valence-corrected chi connectivity index (χ3v) is 16.2. The average molecular weight is 995 g/mol. The zero-order valence-corrected chi connectivity index (χ0v) is 40.7. The minimum Gasteiger partial charge on any atom is -0.491 e. The van der Waals surface area contributed by atoms with Gasteiger partial charge < -0.3 is 34.5 Å². The van der Waals surface area contributed by atoms with Gasteiger partial charge in [-0.05, 0) is 114 Å². The van der Waals surface area contributed by atoms with Crippen molar-refractivity contribution in [3.63, 3.8) is 0 Å². The van der Waals surface area contributed by atoms with Crippen LogP contribution in [0.1, 0.15) is 92.4 Å². The van der Waals surface area contributed by atoms with Gasteiger partial charge in [-0.1, -0.05) is 32.1 Å². The fourth-order valence-electron chi connectivity index (χ4n) is 9.60. The molecule has 8 atom stereocenters. The van der Waals surface area contributed by atoms with Crippen LogP contribution in [-0.2, 0) is 33.9 Å². The van der Waals surface area contributed by atoms with Crippen molar-refractivity contribution in [2.75, 3.05) is 19.8 Å². The molecule has 378 valence electrons. The smallest absolute Gasteiger partial charge is 0.430 e. The molecule has 3 aliphatic heterocycles. The highest BCUT2D eigenvalue weighted by Gasteiger charge is 2.63. The zero-order valence-electron chi connectivity index (χ0n) is 39.9. The minimum absolute atomic E-state index is 0.0169.